The monoisotopic (exact) mass is 470 g/mol. The Labute approximate surface area is 182 Å². The normalized spacial score (nSPS) is 13.0. The molecule has 0 aliphatic carbocycles. The summed E-state index contributed by atoms with van der Waals surface area (Å²) < 4.78 is 5.66. The Kier molecular flexibility index (Phi) is 7.05. The molecule has 4 heteroatoms. The zero-order valence-corrected chi connectivity index (χ0v) is 19.5. The quantitative estimate of drug-likeness (QED) is 0.401. The summed E-state index contributed by atoms with van der Waals surface area (Å²) in [6.07, 6.45) is 0.957. The van der Waals surface area contributed by atoms with Gasteiger partial charge in [0.2, 0.25) is 0 Å². The zero-order valence-electron chi connectivity index (χ0n) is 17.0. The van der Waals surface area contributed by atoms with Crippen LogP contribution in [0.2, 0.25) is 0 Å². The van der Waals surface area contributed by atoms with Gasteiger partial charge in [-0.25, -0.2) is 0 Å². The number of ether oxygens (including phenoxy) is 1. The summed E-state index contributed by atoms with van der Waals surface area (Å²) in [4.78, 5) is 13.3. The number of hydrogen-bond acceptors (Lipinski definition) is 2. The number of carbonyl (C=O) groups excluding carboxylic acids is 1. The molecular weight excluding hydrogens is 443 g/mol. The second kappa shape index (κ2) is 9.34. The molecule has 3 aromatic rings. The van der Waals surface area contributed by atoms with Gasteiger partial charge in [-0.2, -0.15) is 0 Å². The molecule has 29 heavy (non-hydrogen) atoms. The number of ketones is 1. The van der Waals surface area contributed by atoms with E-state index in [1.54, 1.807) is 0 Å². The van der Waals surface area contributed by atoms with E-state index in [0.717, 1.165) is 15.9 Å². The van der Waals surface area contributed by atoms with Crippen LogP contribution in [-0.2, 0) is 9.53 Å². The number of carbonyl (C=O) groups is 1. The van der Waals surface area contributed by atoms with Gasteiger partial charge in [0.15, 0.2) is 0 Å². The average Bonchev–Trinajstić information content (AvgIpc) is 2.75. The van der Waals surface area contributed by atoms with E-state index in [1.165, 1.54) is 0 Å². The third-order valence-electron chi connectivity index (χ3n) is 5.19. The van der Waals surface area contributed by atoms with Crippen molar-refractivity contribution in [2.24, 2.45) is 0 Å². The summed E-state index contributed by atoms with van der Waals surface area (Å²) in [6, 6.07) is 31.2. The molecule has 3 aromatic carbocycles. The van der Waals surface area contributed by atoms with Crippen LogP contribution in [0.15, 0.2) is 91.0 Å². The molecule has 152 valence electrons. The fourth-order valence-electron chi connectivity index (χ4n) is 3.76. The Hall–Kier alpha value is -1.80. The molecule has 0 saturated carbocycles. The van der Waals surface area contributed by atoms with E-state index in [9.17, 15) is 4.79 Å². The number of hydrogen-bond donors (Lipinski definition) is 0. The molecule has 0 spiro atoms. The van der Waals surface area contributed by atoms with E-state index in [0.29, 0.717) is 19.2 Å². The van der Waals surface area contributed by atoms with Crippen LogP contribution < -0.4 is 15.9 Å². The molecule has 0 bridgehead atoms. The van der Waals surface area contributed by atoms with Crippen molar-refractivity contribution in [1.29, 1.82) is 0 Å². The van der Waals surface area contributed by atoms with Crippen LogP contribution in [0.1, 0.15) is 20.3 Å². The molecule has 3 rings (SSSR count). The molecule has 0 heterocycles. The predicted molar refractivity (Wildman–Crippen MR) is 130 cm³/mol. The molecule has 0 aliphatic heterocycles. The fourth-order valence-corrected chi connectivity index (χ4v) is 11.4. The van der Waals surface area contributed by atoms with Gasteiger partial charge in [0.1, 0.15) is 0 Å². The molecule has 0 unspecified atom stereocenters. The first-order valence-electron chi connectivity index (χ1n) is 9.98. The fraction of sp³-hybridized carbons (Fsp3) is 0.240. The van der Waals surface area contributed by atoms with Gasteiger partial charge >= 0.3 is 182 Å². The predicted octanol–water partition coefficient (Wildman–Crippen LogP) is 5.21. The van der Waals surface area contributed by atoms with Crippen LogP contribution in [0.4, 0.5) is 0 Å². The van der Waals surface area contributed by atoms with E-state index in [4.69, 9.17) is 4.74 Å². The second-order valence-electron chi connectivity index (χ2n) is 7.56. The second-order valence-corrected chi connectivity index (χ2v) is 16.5. The molecule has 0 aliphatic rings. The Bertz CT molecular complexity index is 827. The van der Waals surface area contributed by atoms with Crippen molar-refractivity contribution < 1.29 is 9.53 Å². The van der Waals surface area contributed by atoms with Crippen molar-refractivity contribution >= 4 is 42.5 Å². The molecule has 0 fully saturated rings. The van der Waals surface area contributed by atoms with Crippen molar-refractivity contribution in [3.05, 3.63) is 91.0 Å². The number of Topliss-reactive ketones (excluding diaryl/α,β-unsaturated/α-hetero) is 1. The van der Waals surface area contributed by atoms with Gasteiger partial charge in [-0.3, -0.25) is 0 Å². The van der Waals surface area contributed by atoms with Crippen molar-refractivity contribution in [3.63, 3.8) is 0 Å². The Morgan fingerprint density at radius 1 is 0.793 bits per heavy atom. The molecule has 0 saturated heterocycles. The van der Waals surface area contributed by atoms with Gasteiger partial charge in [-0.1, -0.05) is 0 Å². The van der Waals surface area contributed by atoms with Crippen molar-refractivity contribution in [1.82, 2.24) is 0 Å². The van der Waals surface area contributed by atoms with Crippen LogP contribution in [0, 0.1) is 0 Å². The standard InChI is InChI=1S/C25H28BrO2P/c1-21(2)28-19-18-22(27)20-29(26,23-12-6-3-7-13-23,24-14-8-4-9-15-24)25-16-10-5-11-17-25/h3-17,21H,18-20H2,1-2H3. The van der Waals surface area contributed by atoms with Crippen LogP contribution in [-0.4, -0.2) is 24.7 Å². The minimum atomic E-state index is -3.17. The zero-order chi connectivity index (χ0) is 20.8. The van der Waals surface area contributed by atoms with Crippen LogP contribution in [0.25, 0.3) is 0 Å². The molecule has 0 radical (unpaired) electrons. The first kappa shape index (κ1) is 21.9. The molecule has 0 aromatic heterocycles. The molecule has 0 amide bonds. The Morgan fingerprint density at radius 2 is 1.17 bits per heavy atom. The molecule has 0 N–H and O–H groups in total. The number of rotatable bonds is 9. The Balaban J connectivity index is 2.18. The van der Waals surface area contributed by atoms with Gasteiger partial charge < -0.3 is 0 Å². The van der Waals surface area contributed by atoms with Gasteiger partial charge in [-0.15, -0.1) is 0 Å². The topological polar surface area (TPSA) is 26.3 Å². The summed E-state index contributed by atoms with van der Waals surface area (Å²) in [7, 11) is 0. The van der Waals surface area contributed by atoms with E-state index < -0.39 is 5.31 Å². The molecular formula is C25H28BrO2P. The van der Waals surface area contributed by atoms with Gasteiger partial charge in [0.05, 0.1) is 0 Å². The van der Waals surface area contributed by atoms with E-state index >= 15 is 0 Å². The van der Waals surface area contributed by atoms with Gasteiger partial charge in [0.25, 0.3) is 0 Å². The SMILES string of the molecule is CC(C)OCCC(=O)CP(Br)(c1ccccc1)(c1ccccc1)c1ccccc1. The summed E-state index contributed by atoms with van der Waals surface area (Å²) in [5.74, 6) is 0.205. The van der Waals surface area contributed by atoms with E-state index in [1.807, 2.05) is 32.0 Å². The van der Waals surface area contributed by atoms with Crippen molar-refractivity contribution in [3.8, 4) is 0 Å². The maximum atomic E-state index is 13.3. The van der Waals surface area contributed by atoms with Crippen molar-refractivity contribution in [2.75, 3.05) is 12.8 Å². The third-order valence-corrected chi connectivity index (χ3v) is 14.7. The van der Waals surface area contributed by atoms with Crippen LogP contribution >= 0.6 is 20.8 Å². The third kappa shape index (κ3) is 4.53. The van der Waals surface area contributed by atoms with Gasteiger partial charge in [0, 0.05) is 0 Å². The number of halogens is 1. The number of benzene rings is 3. The van der Waals surface area contributed by atoms with Crippen LogP contribution in [0.5, 0.6) is 0 Å². The van der Waals surface area contributed by atoms with E-state index in [2.05, 4.69) is 88.3 Å². The van der Waals surface area contributed by atoms with Gasteiger partial charge in [-0.05, 0) is 0 Å². The first-order chi connectivity index (χ1) is 13.9. The summed E-state index contributed by atoms with van der Waals surface area (Å²) in [5, 5.41) is 0.312. The molecule has 0 atom stereocenters. The first-order valence-corrected chi connectivity index (χ1v) is 14.4. The van der Waals surface area contributed by atoms with E-state index in [-0.39, 0.29) is 11.9 Å². The maximum absolute atomic E-state index is 13.3. The van der Waals surface area contributed by atoms with Crippen LogP contribution in [0.3, 0.4) is 0 Å². The average molecular weight is 471 g/mol. The van der Waals surface area contributed by atoms with Crippen molar-refractivity contribution in [2.45, 2.75) is 26.4 Å². The Morgan fingerprint density at radius 3 is 1.52 bits per heavy atom. The summed E-state index contributed by atoms with van der Waals surface area (Å²) in [6.45, 7) is 4.44. The summed E-state index contributed by atoms with van der Waals surface area (Å²) >= 11 is 4.31. The summed E-state index contributed by atoms with van der Waals surface area (Å²) in [5.41, 5.74) is 0. The minimum absolute atomic E-state index is 0.124. The molecule has 2 nitrogen and oxygen atoms in total.